The molecule has 1 unspecified atom stereocenters. The Balaban J connectivity index is 1.70. The van der Waals surface area contributed by atoms with E-state index in [1.165, 1.54) is 18.9 Å². The lowest BCUT2D eigenvalue weighted by Crippen LogP contribution is -2.37. The van der Waals surface area contributed by atoms with E-state index >= 15 is 0 Å². The summed E-state index contributed by atoms with van der Waals surface area (Å²) in [5.74, 6) is -0.925. The topological polar surface area (TPSA) is 43.8 Å². The SMILES string of the molecule is O=C(c1cc(F)ccc1O)N1CCC(N2CCCC2)C1. The number of rotatable bonds is 2. The van der Waals surface area contributed by atoms with Crippen molar-refractivity contribution >= 4 is 5.91 Å². The molecular weight excluding hydrogens is 259 g/mol. The predicted octanol–water partition coefficient (Wildman–Crippen LogP) is 1.84. The van der Waals surface area contributed by atoms with Crippen LogP contribution < -0.4 is 0 Å². The number of hydrogen-bond donors (Lipinski definition) is 1. The van der Waals surface area contributed by atoms with E-state index in [4.69, 9.17) is 0 Å². The summed E-state index contributed by atoms with van der Waals surface area (Å²) in [7, 11) is 0. The zero-order chi connectivity index (χ0) is 14.1. The summed E-state index contributed by atoms with van der Waals surface area (Å²) in [6.45, 7) is 3.57. The Bertz CT molecular complexity index is 515. The number of phenols is 1. The maximum absolute atomic E-state index is 13.2. The van der Waals surface area contributed by atoms with Gasteiger partial charge in [-0.3, -0.25) is 9.69 Å². The Morgan fingerprint density at radius 1 is 1.25 bits per heavy atom. The third-order valence-electron chi connectivity index (χ3n) is 4.30. The summed E-state index contributed by atoms with van der Waals surface area (Å²) in [6.07, 6.45) is 3.42. The minimum absolute atomic E-state index is 0.0621. The highest BCUT2D eigenvalue weighted by atomic mass is 19.1. The van der Waals surface area contributed by atoms with Crippen LogP contribution in [0.25, 0.3) is 0 Å². The second-order valence-corrected chi connectivity index (χ2v) is 5.60. The highest BCUT2D eigenvalue weighted by molar-refractivity contribution is 5.97. The molecule has 0 saturated carbocycles. The van der Waals surface area contributed by atoms with Crippen molar-refractivity contribution in [2.75, 3.05) is 26.2 Å². The molecule has 1 amide bonds. The summed E-state index contributed by atoms with van der Waals surface area (Å²) in [4.78, 5) is 16.5. The standard InChI is InChI=1S/C15H19FN2O2/c16-11-3-4-14(19)13(9-11)15(20)18-8-5-12(10-18)17-6-1-2-7-17/h3-4,9,12,19H,1-2,5-8,10H2. The van der Waals surface area contributed by atoms with E-state index in [9.17, 15) is 14.3 Å². The number of likely N-dealkylation sites (tertiary alicyclic amines) is 2. The second kappa shape index (κ2) is 5.40. The molecule has 0 aromatic heterocycles. The first-order valence-corrected chi connectivity index (χ1v) is 7.17. The molecule has 2 saturated heterocycles. The number of hydrogen-bond acceptors (Lipinski definition) is 3. The van der Waals surface area contributed by atoms with Crippen LogP contribution in [-0.4, -0.2) is 53.0 Å². The summed E-state index contributed by atoms with van der Waals surface area (Å²) < 4.78 is 13.2. The first-order chi connectivity index (χ1) is 9.65. The molecule has 4 nitrogen and oxygen atoms in total. The van der Waals surface area contributed by atoms with E-state index in [1.807, 2.05) is 0 Å². The molecule has 1 aromatic rings. The highest BCUT2D eigenvalue weighted by Gasteiger charge is 2.32. The molecule has 0 radical (unpaired) electrons. The van der Waals surface area contributed by atoms with E-state index in [1.54, 1.807) is 4.90 Å². The molecule has 1 N–H and O–H groups in total. The molecular formula is C15H19FN2O2. The van der Waals surface area contributed by atoms with Crippen LogP contribution in [-0.2, 0) is 0 Å². The quantitative estimate of drug-likeness (QED) is 0.897. The fourth-order valence-electron chi connectivity index (χ4n) is 3.18. The first-order valence-electron chi connectivity index (χ1n) is 7.17. The average Bonchev–Trinajstić information content (AvgIpc) is 3.10. The lowest BCUT2D eigenvalue weighted by atomic mass is 10.1. The fraction of sp³-hybridized carbons (Fsp3) is 0.533. The third-order valence-corrected chi connectivity index (χ3v) is 4.30. The normalized spacial score (nSPS) is 23.4. The molecule has 5 heteroatoms. The molecule has 2 heterocycles. The van der Waals surface area contributed by atoms with Gasteiger partial charge in [-0.1, -0.05) is 0 Å². The molecule has 2 aliphatic heterocycles. The van der Waals surface area contributed by atoms with Crippen molar-refractivity contribution in [3.05, 3.63) is 29.6 Å². The van der Waals surface area contributed by atoms with Crippen LogP contribution in [0.5, 0.6) is 5.75 Å². The van der Waals surface area contributed by atoms with Gasteiger partial charge in [-0.15, -0.1) is 0 Å². The maximum Gasteiger partial charge on any atom is 0.257 e. The van der Waals surface area contributed by atoms with Crippen molar-refractivity contribution in [2.24, 2.45) is 0 Å². The summed E-state index contributed by atoms with van der Waals surface area (Å²) >= 11 is 0. The summed E-state index contributed by atoms with van der Waals surface area (Å²) in [6, 6.07) is 3.91. The number of phenolic OH excluding ortho intramolecular Hbond substituents is 1. The van der Waals surface area contributed by atoms with Gasteiger partial charge in [0, 0.05) is 19.1 Å². The number of halogens is 1. The summed E-state index contributed by atoms with van der Waals surface area (Å²) in [5.41, 5.74) is 0.0621. The Hall–Kier alpha value is -1.62. The molecule has 108 valence electrons. The van der Waals surface area contributed by atoms with Crippen molar-refractivity contribution in [1.82, 2.24) is 9.80 Å². The zero-order valence-electron chi connectivity index (χ0n) is 11.4. The Kier molecular flexibility index (Phi) is 3.61. The molecule has 0 spiro atoms. The van der Waals surface area contributed by atoms with Gasteiger partial charge >= 0.3 is 0 Å². The molecule has 0 bridgehead atoms. The maximum atomic E-state index is 13.2. The van der Waals surface area contributed by atoms with Crippen LogP contribution in [0.3, 0.4) is 0 Å². The molecule has 2 aliphatic rings. The zero-order valence-corrected chi connectivity index (χ0v) is 11.4. The van der Waals surface area contributed by atoms with E-state index in [-0.39, 0.29) is 17.2 Å². The lowest BCUT2D eigenvalue weighted by molar-refractivity contribution is 0.0776. The van der Waals surface area contributed by atoms with Crippen LogP contribution in [0.15, 0.2) is 18.2 Å². The number of nitrogens with zero attached hydrogens (tertiary/aromatic N) is 2. The predicted molar refractivity (Wildman–Crippen MR) is 73.2 cm³/mol. The number of amides is 1. The van der Waals surface area contributed by atoms with Crippen molar-refractivity contribution in [3.63, 3.8) is 0 Å². The molecule has 0 aliphatic carbocycles. The van der Waals surface area contributed by atoms with Gasteiger partial charge in [0.1, 0.15) is 11.6 Å². The van der Waals surface area contributed by atoms with Crippen LogP contribution in [0.4, 0.5) is 4.39 Å². The molecule has 2 fully saturated rings. The van der Waals surface area contributed by atoms with Gasteiger partial charge in [0.2, 0.25) is 0 Å². The Labute approximate surface area is 117 Å². The first kappa shape index (κ1) is 13.4. The molecule has 3 rings (SSSR count). The minimum Gasteiger partial charge on any atom is -0.507 e. The van der Waals surface area contributed by atoms with E-state index in [0.29, 0.717) is 19.1 Å². The minimum atomic E-state index is -0.499. The second-order valence-electron chi connectivity index (χ2n) is 5.60. The van der Waals surface area contributed by atoms with Crippen LogP contribution in [0, 0.1) is 5.82 Å². The lowest BCUT2D eigenvalue weighted by Gasteiger charge is -2.23. The van der Waals surface area contributed by atoms with Gasteiger partial charge in [-0.2, -0.15) is 0 Å². The van der Waals surface area contributed by atoms with Gasteiger partial charge < -0.3 is 10.0 Å². The fourth-order valence-corrected chi connectivity index (χ4v) is 3.18. The summed E-state index contributed by atoms with van der Waals surface area (Å²) in [5, 5.41) is 9.72. The Morgan fingerprint density at radius 2 is 2.00 bits per heavy atom. The number of benzene rings is 1. The average molecular weight is 278 g/mol. The van der Waals surface area contributed by atoms with Crippen LogP contribution in [0.1, 0.15) is 29.6 Å². The number of carbonyl (C=O) groups is 1. The van der Waals surface area contributed by atoms with Crippen molar-refractivity contribution in [2.45, 2.75) is 25.3 Å². The van der Waals surface area contributed by atoms with Gasteiger partial charge in [-0.25, -0.2) is 4.39 Å². The van der Waals surface area contributed by atoms with E-state index in [2.05, 4.69) is 4.90 Å². The van der Waals surface area contributed by atoms with Crippen LogP contribution >= 0.6 is 0 Å². The number of aromatic hydroxyl groups is 1. The molecule has 20 heavy (non-hydrogen) atoms. The van der Waals surface area contributed by atoms with E-state index < -0.39 is 5.82 Å². The third kappa shape index (κ3) is 2.50. The smallest absolute Gasteiger partial charge is 0.257 e. The van der Waals surface area contributed by atoms with Crippen molar-refractivity contribution in [1.29, 1.82) is 0 Å². The highest BCUT2D eigenvalue weighted by Crippen LogP contribution is 2.25. The van der Waals surface area contributed by atoms with Gasteiger partial charge in [0.05, 0.1) is 5.56 Å². The van der Waals surface area contributed by atoms with Gasteiger partial charge in [-0.05, 0) is 50.6 Å². The molecule has 1 atom stereocenters. The Morgan fingerprint density at radius 3 is 2.75 bits per heavy atom. The largest absolute Gasteiger partial charge is 0.507 e. The molecule has 1 aromatic carbocycles. The van der Waals surface area contributed by atoms with Crippen molar-refractivity contribution in [3.8, 4) is 5.75 Å². The van der Waals surface area contributed by atoms with Gasteiger partial charge in [0.25, 0.3) is 5.91 Å². The number of carbonyl (C=O) groups excluding carboxylic acids is 1. The van der Waals surface area contributed by atoms with E-state index in [0.717, 1.165) is 31.6 Å². The monoisotopic (exact) mass is 278 g/mol. The van der Waals surface area contributed by atoms with Gasteiger partial charge in [0.15, 0.2) is 0 Å². The van der Waals surface area contributed by atoms with Crippen molar-refractivity contribution < 1.29 is 14.3 Å². The van der Waals surface area contributed by atoms with Crippen LogP contribution in [0.2, 0.25) is 0 Å².